The quantitative estimate of drug-likeness (QED) is 0.556. The first-order valence-corrected chi connectivity index (χ1v) is 4.44. The van der Waals surface area contributed by atoms with Crippen molar-refractivity contribution >= 4 is 0 Å². The van der Waals surface area contributed by atoms with Crippen LogP contribution in [0.3, 0.4) is 0 Å². The molecule has 0 heterocycles. The largest absolute Gasteiger partial charge is 0.504 e. The van der Waals surface area contributed by atoms with Gasteiger partial charge in [-0.25, -0.2) is 0 Å². The zero-order chi connectivity index (χ0) is 11.4. The number of benzene rings is 1. The molecular weight excluding hydrogens is 200 g/mol. The van der Waals surface area contributed by atoms with Gasteiger partial charge in [0.1, 0.15) is 12.2 Å². The standard InChI is InChI=1S/C10H14O5/c1-15-9-4-6(2-3-7(9)12)10(14)8(13)5-11/h2-4,8,10-14H,5H2,1H3/t8-,10-/m1/s1. The van der Waals surface area contributed by atoms with Crippen LogP contribution in [0.1, 0.15) is 11.7 Å². The Bertz CT molecular complexity index is 326. The van der Waals surface area contributed by atoms with E-state index in [-0.39, 0.29) is 11.5 Å². The van der Waals surface area contributed by atoms with Crippen molar-refractivity contribution in [1.29, 1.82) is 0 Å². The Morgan fingerprint density at radius 1 is 1.33 bits per heavy atom. The van der Waals surface area contributed by atoms with E-state index in [4.69, 9.17) is 9.84 Å². The van der Waals surface area contributed by atoms with E-state index >= 15 is 0 Å². The minimum Gasteiger partial charge on any atom is -0.504 e. The molecule has 84 valence electrons. The second kappa shape index (κ2) is 4.97. The van der Waals surface area contributed by atoms with E-state index in [1.165, 1.54) is 25.3 Å². The molecule has 0 unspecified atom stereocenters. The fourth-order valence-electron chi connectivity index (χ4n) is 1.20. The zero-order valence-corrected chi connectivity index (χ0v) is 8.29. The summed E-state index contributed by atoms with van der Waals surface area (Å²) in [7, 11) is 1.38. The Labute approximate surface area is 87.2 Å². The summed E-state index contributed by atoms with van der Waals surface area (Å²) in [4.78, 5) is 0. The molecule has 0 amide bonds. The van der Waals surface area contributed by atoms with Crippen LogP contribution in [0.2, 0.25) is 0 Å². The summed E-state index contributed by atoms with van der Waals surface area (Å²) in [5.74, 6) is 0.156. The van der Waals surface area contributed by atoms with Crippen LogP contribution in [-0.2, 0) is 0 Å². The number of ether oxygens (including phenoxy) is 1. The molecule has 0 radical (unpaired) electrons. The molecule has 0 saturated heterocycles. The van der Waals surface area contributed by atoms with E-state index in [1.54, 1.807) is 0 Å². The summed E-state index contributed by atoms with van der Waals surface area (Å²) in [6.07, 6.45) is -2.45. The predicted octanol–water partition coefficient (Wildman–Crippen LogP) is -0.213. The second-order valence-electron chi connectivity index (χ2n) is 3.13. The van der Waals surface area contributed by atoms with Crippen LogP contribution in [0.25, 0.3) is 0 Å². The Hall–Kier alpha value is -1.30. The summed E-state index contributed by atoms with van der Waals surface area (Å²) >= 11 is 0. The molecule has 0 saturated carbocycles. The van der Waals surface area contributed by atoms with Gasteiger partial charge < -0.3 is 25.2 Å². The fourth-order valence-corrected chi connectivity index (χ4v) is 1.20. The van der Waals surface area contributed by atoms with E-state index in [2.05, 4.69) is 0 Å². The number of aromatic hydroxyl groups is 1. The van der Waals surface area contributed by atoms with Crippen molar-refractivity contribution in [3.63, 3.8) is 0 Å². The number of phenolic OH excluding ortho intramolecular Hbond substituents is 1. The van der Waals surface area contributed by atoms with E-state index in [0.717, 1.165) is 0 Å². The molecule has 5 heteroatoms. The fraction of sp³-hybridized carbons (Fsp3) is 0.400. The maximum absolute atomic E-state index is 9.55. The van der Waals surface area contributed by atoms with Gasteiger partial charge >= 0.3 is 0 Å². The van der Waals surface area contributed by atoms with Gasteiger partial charge in [-0.05, 0) is 17.7 Å². The van der Waals surface area contributed by atoms with Gasteiger partial charge in [0, 0.05) is 0 Å². The van der Waals surface area contributed by atoms with Crippen LogP contribution < -0.4 is 4.74 Å². The van der Waals surface area contributed by atoms with Gasteiger partial charge in [-0.1, -0.05) is 6.07 Å². The van der Waals surface area contributed by atoms with Crippen molar-refractivity contribution < 1.29 is 25.2 Å². The molecule has 2 atom stereocenters. The molecule has 0 fully saturated rings. The predicted molar refractivity (Wildman–Crippen MR) is 52.7 cm³/mol. The monoisotopic (exact) mass is 214 g/mol. The molecule has 1 rings (SSSR count). The number of aliphatic hydroxyl groups excluding tert-OH is 3. The van der Waals surface area contributed by atoms with Gasteiger partial charge in [0.25, 0.3) is 0 Å². The minimum absolute atomic E-state index is 0.0491. The van der Waals surface area contributed by atoms with Crippen LogP contribution in [0.4, 0.5) is 0 Å². The number of rotatable bonds is 4. The van der Waals surface area contributed by atoms with E-state index < -0.39 is 18.8 Å². The first-order chi connectivity index (χ1) is 7.10. The average molecular weight is 214 g/mol. The van der Waals surface area contributed by atoms with Crippen LogP contribution in [0, 0.1) is 0 Å². The summed E-state index contributed by atoms with van der Waals surface area (Å²) in [5, 5.41) is 36.7. The van der Waals surface area contributed by atoms with Crippen molar-refractivity contribution in [2.45, 2.75) is 12.2 Å². The number of hydrogen-bond donors (Lipinski definition) is 4. The van der Waals surface area contributed by atoms with Gasteiger partial charge in [0.2, 0.25) is 0 Å². The Kier molecular flexibility index (Phi) is 3.90. The maximum Gasteiger partial charge on any atom is 0.160 e. The third-order valence-corrected chi connectivity index (χ3v) is 2.10. The van der Waals surface area contributed by atoms with E-state index in [1.807, 2.05) is 0 Å². The lowest BCUT2D eigenvalue weighted by Gasteiger charge is -2.16. The van der Waals surface area contributed by atoms with Crippen LogP contribution >= 0.6 is 0 Å². The third-order valence-electron chi connectivity index (χ3n) is 2.10. The number of phenols is 1. The highest BCUT2D eigenvalue weighted by Gasteiger charge is 2.18. The highest BCUT2D eigenvalue weighted by Crippen LogP contribution is 2.29. The molecule has 0 aliphatic carbocycles. The molecule has 0 bridgehead atoms. The maximum atomic E-state index is 9.55. The molecule has 5 nitrogen and oxygen atoms in total. The molecule has 0 aliphatic rings. The average Bonchev–Trinajstić information content (AvgIpc) is 2.27. The van der Waals surface area contributed by atoms with Crippen LogP contribution in [-0.4, -0.2) is 40.2 Å². The number of aliphatic hydroxyl groups is 3. The van der Waals surface area contributed by atoms with Crippen molar-refractivity contribution in [2.75, 3.05) is 13.7 Å². The highest BCUT2D eigenvalue weighted by molar-refractivity contribution is 5.42. The van der Waals surface area contributed by atoms with Gasteiger partial charge in [0.15, 0.2) is 11.5 Å². The first kappa shape index (κ1) is 11.8. The summed E-state index contributed by atoms with van der Waals surface area (Å²) in [5.41, 5.74) is 0.367. The molecule has 4 N–H and O–H groups in total. The first-order valence-electron chi connectivity index (χ1n) is 4.44. The molecule has 0 aromatic heterocycles. The van der Waals surface area contributed by atoms with E-state index in [9.17, 15) is 15.3 Å². The molecule has 0 spiro atoms. The smallest absolute Gasteiger partial charge is 0.160 e. The summed E-state index contributed by atoms with van der Waals surface area (Å²) < 4.78 is 4.84. The van der Waals surface area contributed by atoms with Crippen LogP contribution in [0.5, 0.6) is 11.5 Å². The summed E-state index contributed by atoms with van der Waals surface area (Å²) in [6, 6.07) is 4.20. The Morgan fingerprint density at radius 3 is 2.53 bits per heavy atom. The van der Waals surface area contributed by atoms with Crippen molar-refractivity contribution in [1.82, 2.24) is 0 Å². The topological polar surface area (TPSA) is 90.2 Å². The lowest BCUT2D eigenvalue weighted by Crippen LogP contribution is -2.21. The van der Waals surface area contributed by atoms with Gasteiger partial charge in [-0.2, -0.15) is 0 Å². The molecule has 0 aliphatic heterocycles. The zero-order valence-electron chi connectivity index (χ0n) is 8.29. The number of methoxy groups -OCH3 is 1. The Balaban J connectivity index is 2.95. The number of hydrogen-bond acceptors (Lipinski definition) is 5. The second-order valence-corrected chi connectivity index (χ2v) is 3.13. The lowest BCUT2D eigenvalue weighted by molar-refractivity contribution is -0.0153. The van der Waals surface area contributed by atoms with Crippen LogP contribution in [0.15, 0.2) is 18.2 Å². The lowest BCUT2D eigenvalue weighted by atomic mass is 10.0. The third kappa shape index (κ3) is 2.59. The normalized spacial score (nSPS) is 14.7. The van der Waals surface area contributed by atoms with Crippen molar-refractivity contribution in [2.24, 2.45) is 0 Å². The SMILES string of the molecule is COc1cc([C@@H](O)[C@H](O)CO)ccc1O. The van der Waals surface area contributed by atoms with Crippen molar-refractivity contribution in [3.05, 3.63) is 23.8 Å². The van der Waals surface area contributed by atoms with E-state index in [0.29, 0.717) is 5.56 Å². The molecule has 1 aromatic carbocycles. The van der Waals surface area contributed by atoms with Gasteiger partial charge in [-0.15, -0.1) is 0 Å². The molecule has 1 aromatic rings. The molecule has 15 heavy (non-hydrogen) atoms. The minimum atomic E-state index is -1.25. The highest BCUT2D eigenvalue weighted by atomic mass is 16.5. The van der Waals surface area contributed by atoms with Gasteiger partial charge in [-0.3, -0.25) is 0 Å². The van der Waals surface area contributed by atoms with Gasteiger partial charge in [0.05, 0.1) is 13.7 Å². The Morgan fingerprint density at radius 2 is 2.00 bits per heavy atom. The summed E-state index contributed by atoms with van der Waals surface area (Å²) in [6.45, 7) is -0.537. The molecular formula is C10H14O5. The van der Waals surface area contributed by atoms with Crippen molar-refractivity contribution in [3.8, 4) is 11.5 Å².